The smallest absolute Gasteiger partial charge is 0.343 e. The van der Waals surface area contributed by atoms with Crippen LogP contribution in [-0.2, 0) is 0 Å². The van der Waals surface area contributed by atoms with E-state index in [-0.39, 0.29) is 5.91 Å². The van der Waals surface area contributed by atoms with E-state index in [0.717, 1.165) is 26.6 Å². The summed E-state index contributed by atoms with van der Waals surface area (Å²) in [6.45, 7) is 8.20. The number of aryl methyl sites for hydroxylation is 2. The number of thiophene rings is 1. The maximum atomic E-state index is 12.7. The number of amides is 1. The first-order valence-corrected chi connectivity index (χ1v) is 10.9. The Morgan fingerprint density at radius 3 is 2.48 bits per heavy atom. The molecule has 0 unspecified atom stereocenters. The van der Waals surface area contributed by atoms with Crippen molar-refractivity contribution in [1.82, 2.24) is 5.32 Å². The highest BCUT2D eigenvalue weighted by molar-refractivity contribution is 7.16. The second kappa shape index (κ2) is 8.43. The second-order valence-electron chi connectivity index (χ2n) is 7.43. The molecule has 2 N–H and O–H groups in total. The van der Waals surface area contributed by atoms with Crippen molar-refractivity contribution >= 4 is 28.2 Å². The summed E-state index contributed by atoms with van der Waals surface area (Å²) in [7, 11) is 0. The molecule has 3 aromatic rings. The van der Waals surface area contributed by atoms with Crippen molar-refractivity contribution in [1.29, 1.82) is 0 Å². The molecule has 0 bridgehead atoms. The third-order valence-corrected chi connectivity index (χ3v) is 6.39. The zero-order chi connectivity index (χ0) is 22.1. The Labute approximate surface area is 185 Å². The van der Waals surface area contributed by atoms with Gasteiger partial charge in [-0.25, -0.2) is 4.79 Å². The van der Waals surface area contributed by atoms with Gasteiger partial charge in [-0.15, -0.1) is 11.3 Å². The van der Waals surface area contributed by atoms with Crippen LogP contribution in [0.25, 0.3) is 0 Å². The second-order valence-corrected chi connectivity index (χ2v) is 8.66. The summed E-state index contributed by atoms with van der Waals surface area (Å²) in [5, 5.41) is 7.24. The fourth-order valence-electron chi connectivity index (χ4n) is 3.44. The topological polar surface area (TPSA) is 76.7 Å². The largest absolute Gasteiger partial charge is 0.490 e. The quantitative estimate of drug-likeness (QED) is 0.428. The highest BCUT2D eigenvalue weighted by Gasteiger charge is 2.29. The van der Waals surface area contributed by atoms with E-state index < -0.39 is 12.1 Å². The van der Waals surface area contributed by atoms with Crippen LogP contribution in [0.4, 0.5) is 5.00 Å². The van der Waals surface area contributed by atoms with E-state index >= 15 is 0 Å². The standard InChI is InChI=1S/C24H24N2O4S/c1-5-29-19-12-17(21-25-22(27)20-14(3)15(4)31-23(20)26-21)10-11-18(19)30-24(28)16-8-6-13(2)7-9-16/h6-12,21,26H,5H2,1-4H3,(H,25,27)/t21-/m0/s1. The van der Waals surface area contributed by atoms with E-state index in [9.17, 15) is 9.59 Å². The van der Waals surface area contributed by atoms with Crippen molar-refractivity contribution in [3.05, 3.63) is 75.2 Å². The third-order valence-electron chi connectivity index (χ3n) is 5.25. The molecule has 1 atom stereocenters. The van der Waals surface area contributed by atoms with Gasteiger partial charge < -0.3 is 20.1 Å². The van der Waals surface area contributed by atoms with E-state index in [0.29, 0.717) is 29.2 Å². The summed E-state index contributed by atoms with van der Waals surface area (Å²) < 4.78 is 11.3. The van der Waals surface area contributed by atoms with E-state index in [1.165, 1.54) is 0 Å². The summed E-state index contributed by atoms with van der Waals surface area (Å²) >= 11 is 1.57. The number of hydrogen-bond acceptors (Lipinski definition) is 6. The van der Waals surface area contributed by atoms with Gasteiger partial charge in [0.1, 0.15) is 11.2 Å². The molecule has 0 spiro atoms. The fourth-order valence-corrected chi connectivity index (χ4v) is 4.53. The lowest BCUT2D eigenvalue weighted by Gasteiger charge is -2.27. The lowest BCUT2D eigenvalue weighted by Crippen LogP contribution is -2.38. The van der Waals surface area contributed by atoms with Crippen molar-refractivity contribution in [3.63, 3.8) is 0 Å². The van der Waals surface area contributed by atoms with E-state index in [1.807, 2.05) is 45.9 Å². The van der Waals surface area contributed by atoms with E-state index in [4.69, 9.17) is 9.47 Å². The maximum Gasteiger partial charge on any atom is 0.343 e. The SMILES string of the molecule is CCOc1cc([C@H]2NC(=O)c3c(sc(C)c3C)N2)ccc1OC(=O)c1ccc(C)cc1. The molecule has 0 saturated carbocycles. The predicted molar refractivity (Wildman–Crippen MR) is 121 cm³/mol. The zero-order valence-corrected chi connectivity index (χ0v) is 18.7. The predicted octanol–water partition coefficient (Wildman–Crippen LogP) is 5.15. The van der Waals surface area contributed by atoms with Crippen LogP contribution < -0.4 is 20.1 Å². The van der Waals surface area contributed by atoms with Gasteiger partial charge in [-0.05, 0) is 63.1 Å². The molecule has 31 heavy (non-hydrogen) atoms. The molecule has 0 radical (unpaired) electrons. The average molecular weight is 437 g/mol. The Kier molecular flexibility index (Phi) is 5.69. The number of anilines is 1. The molecule has 1 aliphatic rings. The number of fused-ring (bicyclic) bond motifs is 1. The number of carbonyl (C=O) groups excluding carboxylic acids is 2. The number of rotatable bonds is 5. The fraction of sp³-hybridized carbons (Fsp3) is 0.250. The zero-order valence-electron chi connectivity index (χ0n) is 17.9. The van der Waals surface area contributed by atoms with Gasteiger partial charge in [0.25, 0.3) is 5.91 Å². The molecule has 2 aromatic carbocycles. The molecule has 0 saturated heterocycles. The Morgan fingerprint density at radius 2 is 1.77 bits per heavy atom. The number of nitrogens with one attached hydrogen (secondary N) is 2. The van der Waals surface area contributed by atoms with Gasteiger partial charge >= 0.3 is 5.97 Å². The minimum absolute atomic E-state index is 0.103. The number of carbonyl (C=O) groups is 2. The van der Waals surface area contributed by atoms with Crippen molar-refractivity contribution in [3.8, 4) is 11.5 Å². The van der Waals surface area contributed by atoms with Crippen LogP contribution in [0.2, 0.25) is 0 Å². The van der Waals surface area contributed by atoms with Crippen LogP contribution in [0.1, 0.15) is 55.4 Å². The van der Waals surface area contributed by atoms with Gasteiger partial charge in [0.05, 0.1) is 17.7 Å². The van der Waals surface area contributed by atoms with Crippen LogP contribution >= 0.6 is 11.3 Å². The lowest BCUT2D eigenvalue weighted by molar-refractivity contribution is 0.0728. The highest BCUT2D eigenvalue weighted by Crippen LogP contribution is 2.39. The van der Waals surface area contributed by atoms with Gasteiger partial charge in [-0.3, -0.25) is 4.79 Å². The van der Waals surface area contributed by atoms with Gasteiger partial charge in [-0.2, -0.15) is 0 Å². The Bertz CT molecular complexity index is 1150. The molecule has 2 heterocycles. The molecule has 4 rings (SSSR count). The monoisotopic (exact) mass is 436 g/mol. The average Bonchev–Trinajstić information content (AvgIpc) is 3.04. The van der Waals surface area contributed by atoms with Gasteiger partial charge in [-0.1, -0.05) is 23.8 Å². The summed E-state index contributed by atoms with van der Waals surface area (Å²) in [4.78, 5) is 26.3. The molecule has 160 valence electrons. The molecule has 1 amide bonds. The van der Waals surface area contributed by atoms with Crippen molar-refractivity contribution in [2.24, 2.45) is 0 Å². The van der Waals surface area contributed by atoms with Crippen LogP contribution in [0, 0.1) is 20.8 Å². The summed E-state index contributed by atoms with van der Waals surface area (Å²) in [5.41, 5.74) is 4.04. The minimum Gasteiger partial charge on any atom is -0.490 e. The van der Waals surface area contributed by atoms with Crippen molar-refractivity contribution < 1.29 is 19.1 Å². The van der Waals surface area contributed by atoms with Crippen LogP contribution in [0.15, 0.2) is 42.5 Å². The minimum atomic E-state index is -0.452. The highest BCUT2D eigenvalue weighted by atomic mass is 32.1. The summed E-state index contributed by atoms with van der Waals surface area (Å²) in [5.74, 6) is 0.225. The molecule has 1 aromatic heterocycles. The van der Waals surface area contributed by atoms with Gasteiger partial charge in [0.15, 0.2) is 11.5 Å². The van der Waals surface area contributed by atoms with Gasteiger partial charge in [0, 0.05) is 4.88 Å². The Morgan fingerprint density at radius 1 is 1.03 bits per heavy atom. The molecular formula is C24H24N2O4S. The number of benzene rings is 2. The molecular weight excluding hydrogens is 412 g/mol. The molecule has 6 nitrogen and oxygen atoms in total. The number of ether oxygens (including phenoxy) is 2. The third kappa shape index (κ3) is 4.14. The maximum absolute atomic E-state index is 12.7. The van der Waals surface area contributed by atoms with Crippen LogP contribution in [0.3, 0.4) is 0 Å². The molecule has 0 fully saturated rings. The summed E-state index contributed by atoms with van der Waals surface area (Å²) in [6, 6.07) is 12.5. The number of hydrogen-bond donors (Lipinski definition) is 2. The Hall–Kier alpha value is -3.32. The number of esters is 1. The van der Waals surface area contributed by atoms with Crippen LogP contribution in [0.5, 0.6) is 11.5 Å². The van der Waals surface area contributed by atoms with Crippen molar-refractivity contribution in [2.75, 3.05) is 11.9 Å². The molecule has 7 heteroatoms. The first-order valence-electron chi connectivity index (χ1n) is 10.1. The van der Waals surface area contributed by atoms with Crippen LogP contribution in [-0.4, -0.2) is 18.5 Å². The first kappa shape index (κ1) is 20.9. The Balaban J connectivity index is 1.59. The summed E-state index contributed by atoms with van der Waals surface area (Å²) in [6.07, 6.45) is -0.404. The first-order chi connectivity index (χ1) is 14.9. The normalized spacial score (nSPS) is 15.0. The molecule has 1 aliphatic heterocycles. The van der Waals surface area contributed by atoms with Gasteiger partial charge in [0.2, 0.25) is 0 Å². The molecule has 0 aliphatic carbocycles. The van der Waals surface area contributed by atoms with Crippen molar-refractivity contribution in [2.45, 2.75) is 33.9 Å². The van der Waals surface area contributed by atoms with E-state index in [2.05, 4.69) is 10.6 Å². The van der Waals surface area contributed by atoms with E-state index in [1.54, 1.807) is 35.6 Å². The lowest BCUT2D eigenvalue weighted by atomic mass is 10.1.